The molecule has 0 aliphatic carbocycles. The van der Waals surface area contributed by atoms with Crippen LogP contribution in [0.3, 0.4) is 0 Å². The monoisotopic (exact) mass is 435 g/mol. The summed E-state index contributed by atoms with van der Waals surface area (Å²) in [5.74, 6) is -0.285. The fourth-order valence-electron chi connectivity index (χ4n) is 3.11. The second-order valence-electron chi connectivity index (χ2n) is 7.04. The standard InChI is InChI=1S/C24H25N3O5/c1-3-17-8-7-9-18(14-17)15-25-23(29)21-19(12-13-28)16-27(2)24(30)22(21)32-26-31-20-10-5-4-6-11-20/h4-6,8,10-11,14,16,26,28H,3,12-13,15H2,1-2H3,(H,25,29). The largest absolute Gasteiger partial charge is 0.396 e. The molecule has 3 aromatic rings. The molecule has 0 atom stereocenters. The van der Waals surface area contributed by atoms with Crippen molar-refractivity contribution >= 4 is 5.91 Å². The number of nitrogens with one attached hydrogen (secondary N) is 2. The van der Waals surface area contributed by atoms with E-state index in [9.17, 15) is 14.7 Å². The number of aryl methyl sites for hydroxylation is 2. The molecule has 0 spiro atoms. The Hall–Kier alpha value is -3.80. The minimum absolute atomic E-state index is 0.0296. The maximum atomic E-state index is 13.1. The molecule has 0 saturated carbocycles. The van der Waals surface area contributed by atoms with Crippen LogP contribution in [0.2, 0.25) is 0 Å². The normalized spacial score (nSPS) is 10.3. The first-order chi connectivity index (χ1) is 15.5. The Morgan fingerprint density at radius 2 is 2.00 bits per heavy atom. The lowest BCUT2D eigenvalue weighted by atomic mass is 10.1. The molecule has 0 saturated heterocycles. The third kappa shape index (κ3) is 5.66. The van der Waals surface area contributed by atoms with Crippen LogP contribution < -0.4 is 26.2 Å². The Kier molecular flexibility index (Phi) is 7.86. The average Bonchev–Trinajstić information content (AvgIpc) is 2.81. The molecule has 2 aromatic carbocycles. The second-order valence-corrected chi connectivity index (χ2v) is 7.04. The van der Waals surface area contributed by atoms with E-state index in [2.05, 4.69) is 23.1 Å². The first-order valence-corrected chi connectivity index (χ1v) is 10.2. The van der Waals surface area contributed by atoms with E-state index >= 15 is 0 Å². The lowest BCUT2D eigenvalue weighted by Crippen LogP contribution is -2.34. The molecule has 1 heterocycles. The number of carbonyl (C=O) groups excluding carboxylic acids is 1. The molecule has 1 aromatic heterocycles. The molecule has 1 amide bonds. The molecule has 0 aliphatic heterocycles. The Morgan fingerprint density at radius 1 is 1.22 bits per heavy atom. The minimum atomic E-state index is -0.533. The maximum Gasteiger partial charge on any atom is 0.296 e. The molecule has 0 bridgehead atoms. The molecule has 0 fully saturated rings. The first kappa shape index (κ1) is 22.9. The van der Waals surface area contributed by atoms with Gasteiger partial charge in [-0.1, -0.05) is 37.3 Å². The predicted octanol–water partition coefficient (Wildman–Crippen LogP) is 1.89. The van der Waals surface area contributed by atoms with Crippen molar-refractivity contribution in [3.63, 3.8) is 0 Å². The van der Waals surface area contributed by atoms with E-state index in [4.69, 9.17) is 9.68 Å². The van der Waals surface area contributed by atoms with Crippen LogP contribution in [0.25, 0.3) is 0 Å². The Bertz CT molecular complexity index is 1110. The predicted molar refractivity (Wildman–Crippen MR) is 118 cm³/mol. The SMILES string of the molecule is CCc1cc#cc(CNC(=O)c2c(CCO)cn(C)c(=O)c2ONOc2ccccc2)c1. The summed E-state index contributed by atoms with van der Waals surface area (Å²) >= 11 is 0. The van der Waals surface area contributed by atoms with Gasteiger partial charge in [0.1, 0.15) is 0 Å². The summed E-state index contributed by atoms with van der Waals surface area (Å²) in [7, 11) is 1.54. The van der Waals surface area contributed by atoms with Crippen molar-refractivity contribution in [3.05, 3.63) is 93.4 Å². The molecule has 166 valence electrons. The van der Waals surface area contributed by atoms with Crippen LogP contribution >= 0.6 is 0 Å². The van der Waals surface area contributed by atoms with Crippen LogP contribution in [0, 0.1) is 12.1 Å². The zero-order chi connectivity index (χ0) is 22.9. The van der Waals surface area contributed by atoms with Gasteiger partial charge in [-0.2, -0.15) is 0 Å². The van der Waals surface area contributed by atoms with Gasteiger partial charge < -0.3 is 24.7 Å². The topological polar surface area (TPSA) is 102 Å². The average molecular weight is 435 g/mol. The number of carbonyl (C=O) groups is 1. The zero-order valence-corrected chi connectivity index (χ0v) is 18.0. The van der Waals surface area contributed by atoms with Gasteiger partial charge in [-0.3, -0.25) is 9.59 Å². The highest BCUT2D eigenvalue weighted by Crippen LogP contribution is 2.19. The van der Waals surface area contributed by atoms with Crippen LogP contribution in [-0.2, 0) is 26.4 Å². The van der Waals surface area contributed by atoms with E-state index in [1.807, 2.05) is 25.1 Å². The fraction of sp³-hybridized carbons (Fsp3) is 0.250. The molecule has 0 radical (unpaired) electrons. The van der Waals surface area contributed by atoms with Crippen molar-refractivity contribution in [2.45, 2.75) is 26.3 Å². The van der Waals surface area contributed by atoms with Gasteiger partial charge in [-0.05, 0) is 48.2 Å². The summed E-state index contributed by atoms with van der Waals surface area (Å²) in [5.41, 5.74) is 4.07. The number of hydrogen-bond donors (Lipinski definition) is 3. The van der Waals surface area contributed by atoms with Crippen molar-refractivity contribution in [2.75, 3.05) is 6.61 Å². The van der Waals surface area contributed by atoms with Gasteiger partial charge in [0.05, 0.1) is 12.1 Å². The van der Waals surface area contributed by atoms with Crippen molar-refractivity contribution < 1.29 is 19.6 Å². The van der Waals surface area contributed by atoms with Crippen LogP contribution in [0.5, 0.6) is 11.5 Å². The van der Waals surface area contributed by atoms with E-state index in [1.165, 1.54) is 17.8 Å². The quantitative estimate of drug-likeness (QED) is 0.421. The molecule has 8 nitrogen and oxygen atoms in total. The molecule has 3 rings (SSSR count). The van der Waals surface area contributed by atoms with Crippen LogP contribution in [-0.4, -0.2) is 22.2 Å². The van der Waals surface area contributed by atoms with E-state index in [1.54, 1.807) is 24.3 Å². The summed E-state index contributed by atoms with van der Waals surface area (Å²) < 4.78 is 1.29. The number of aliphatic hydroxyl groups is 1. The molecule has 32 heavy (non-hydrogen) atoms. The Labute approximate surface area is 186 Å². The van der Waals surface area contributed by atoms with E-state index in [0.29, 0.717) is 11.3 Å². The van der Waals surface area contributed by atoms with Gasteiger partial charge in [-0.25, -0.2) is 0 Å². The number of para-hydroxylation sites is 1. The van der Waals surface area contributed by atoms with E-state index in [-0.39, 0.29) is 30.9 Å². The van der Waals surface area contributed by atoms with E-state index in [0.717, 1.165) is 17.5 Å². The highest BCUT2D eigenvalue weighted by Gasteiger charge is 2.23. The summed E-state index contributed by atoms with van der Waals surface area (Å²) in [6.45, 7) is 2.03. The van der Waals surface area contributed by atoms with Crippen molar-refractivity contribution in [1.82, 2.24) is 15.5 Å². The van der Waals surface area contributed by atoms with Crippen LogP contribution in [0.4, 0.5) is 0 Å². The second kappa shape index (κ2) is 11.0. The third-order valence-electron chi connectivity index (χ3n) is 4.76. The summed E-state index contributed by atoms with van der Waals surface area (Å²) in [6, 6.07) is 18.5. The highest BCUT2D eigenvalue weighted by atomic mass is 16.9. The van der Waals surface area contributed by atoms with Gasteiger partial charge in [0, 0.05) is 31.1 Å². The number of nitrogens with zero attached hydrogens (tertiary/aromatic N) is 1. The molecular weight excluding hydrogens is 410 g/mol. The van der Waals surface area contributed by atoms with Gasteiger partial charge in [0.2, 0.25) is 5.75 Å². The zero-order valence-electron chi connectivity index (χ0n) is 18.0. The number of hydrogen-bond acceptors (Lipinski definition) is 6. The smallest absolute Gasteiger partial charge is 0.296 e. The molecule has 3 N–H and O–H groups in total. The summed E-state index contributed by atoms with van der Waals surface area (Å²) in [6.07, 6.45) is 2.51. The minimum Gasteiger partial charge on any atom is -0.396 e. The van der Waals surface area contributed by atoms with Gasteiger partial charge in [0.15, 0.2) is 5.75 Å². The lowest BCUT2D eigenvalue weighted by Gasteiger charge is -2.16. The first-order valence-electron chi connectivity index (χ1n) is 10.2. The van der Waals surface area contributed by atoms with Crippen molar-refractivity contribution in [2.24, 2.45) is 7.05 Å². The number of amides is 1. The number of aliphatic hydroxyl groups excluding tert-OH is 1. The van der Waals surface area contributed by atoms with E-state index < -0.39 is 11.5 Å². The summed E-state index contributed by atoms with van der Waals surface area (Å²) in [4.78, 5) is 36.5. The number of aromatic nitrogens is 1. The van der Waals surface area contributed by atoms with Gasteiger partial charge in [0.25, 0.3) is 11.5 Å². The van der Waals surface area contributed by atoms with Gasteiger partial charge in [-0.15, -0.1) is 0 Å². The van der Waals surface area contributed by atoms with Crippen LogP contribution in [0.1, 0.15) is 34.0 Å². The molecule has 0 aliphatic rings. The lowest BCUT2D eigenvalue weighted by molar-refractivity contribution is -0.0211. The maximum absolute atomic E-state index is 13.1. The Balaban J connectivity index is 1.84. The third-order valence-corrected chi connectivity index (χ3v) is 4.76. The van der Waals surface area contributed by atoms with Crippen LogP contribution in [0.15, 0.2) is 53.5 Å². The van der Waals surface area contributed by atoms with Gasteiger partial charge >= 0.3 is 0 Å². The molecular formula is C24H25N3O5. The number of pyridine rings is 1. The molecule has 0 unspecified atom stereocenters. The van der Waals surface area contributed by atoms with Crippen molar-refractivity contribution in [1.29, 1.82) is 0 Å². The number of rotatable bonds is 10. The Morgan fingerprint density at radius 3 is 2.72 bits per heavy atom. The highest BCUT2D eigenvalue weighted by molar-refractivity contribution is 5.98. The molecule has 8 heteroatoms. The fourth-order valence-corrected chi connectivity index (χ4v) is 3.11. The summed E-state index contributed by atoms with van der Waals surface area (Å²) in [5, 5.41) is 12.2. The van der Waals surface area contributed by atoms with Crippen molar-refractivity contribution in [3.8, 4) is 11.5 Å². The number of benzene rings is 1.